The quantitative estimate of drug-likeness (QED) is 0.834. The molecule has 0 unspecified atom stereocenters. The van der Waals surface area contributed by atoms with Crippen molar-refractivity contribution in [1.29, 1.82) is 0 Å². The van der Waals surface area contributed by atoms with Crippen molar-refractivity contribution in [2.24, 2.45) is 0 Å². The second-order valence-electron chi connectivity index (χ2n) is 3.80. The molecule has 0 saturated carbocycles. The number of carboxylic acid groups (broad SMARTS) is 1. The van der Waals surface area contributed by atoms with Crippen molar-refractivity contribution in [2.45, 2.75) is 0 Å². The topological polar surface area (TPSA) is 53.4 Å². The van der Waals surface area contributed by atoms with Crippen LogP contribution in [0.5, 0.6) is 0 Å². The largest absolute Gasteiger partial charge is 0.477 e. The standard InChI is InChI=1S/C12H12N2O2/c1-14(2)10-4-3-8-7-13-11(12(15)16)6-9(8)5-10/h3-7H,1-2H3,(H,15,16). The molecule has 1 N–H and O–H groups in total. The van der Waals surface area contributed by atoms with Gasteiger partial charge in [0.25, 0.3) is 0 Å². The lowest BCUT2D eigenvalue weighted by Gasteiger charge is -2.12. The first kappa shape index (κ1) is 10.4. The van der Waals surface area contributed by atoms with Crippen LogP contribution >= 0.6 is 0 Å². The summed E-state index contributed by atoms with van der Waals surface area (Å²) in [5, 5.41) is 10.7. The van der Waals surface area contributed by atoms with E-state index in [1.54, 1.807) is 12.3 Å². The van der Waals surface area contributed by atoms with Crippen molar-refractivity contribution in [3.63, 3.8) is 0 Å². The summed E-state index contributed by atoms with van der Waals surface area (Å²) >= 11 is 0. The predicted molar refractivity (Wildman–Crippen MR) is 63.0 cm³/mol. The van der Waals surface area contributed by atoms with Gasteiger partial charge >= 0.3 is 5.97 Å². The Morgan fingerprint density at radius 1 is 1.25 bits per heavy atom. The Kier molecular flexibility index (Phi) is 2.48. The molecule has 0 fully saturated rings. The van der Waals surface area contributed by atoms with Crippen LogP contribution in [0.4, 0.5) is 5.69 Å². The van der Waals surface area contributed by atoms with E-state index in [4.69, 9.17) is 5.11 Å². The molecular weight excluding hydrogens is 204 g/mol. The fourth-order valence-corrected chi connectivity index (χ4v) is 1.52. The normalized spacial score (nSPS) is 10.4. The third-order valence-electron chi connectivity index (χ3n) is 2.44. The maximum atomic E-state index is 10.8. The molecule has 2 rings (SSSR count). The molecule has 0 saturated heterocycles. The molecule has 82 valence electrons. The highest BCUT2D eigenvalue weighted by atomic mass is 16.4. The number of rotatable bonds is 2. The van der Waals surface area contributed by atoms with Crippen molar-refractivity contribution >= 4 is 22.4 Å². The molecule has 0 radical (unpaired) electrons. The Labute approximate surface area is 93.1 Å². The Balaban J connectivity index is 2.61. The van der Waals surface area contributed by atoms with E-state index in [0.717, 1.165) is 16.5 Å². The maximum Gasteiger partial charge on any atom is 0.354 e. The van der Waals surface area contributed by atoms with Gasteiger partial charge in [-0.05, 0) is 23.6 Å². The van der Waals surface area contributed by atoms with Gasteiger partial charge in [-0.15, -0.1) is 0 Å². The molecule has 0 aliphatic carbocycles. The minimum Gasteiger partial charge on any atom is -0.477 e. The van der Waals surface area contributed by atoms with E-state index in [0.29, 0.717) is 0 Å². The van der Waals surface area contributed by atoms with Gasteiger partial charge in [-0.25, -0.2) is 9.78 Å². The molecule has 1 aromatic heterocycles. The molecule has 1 heterocycles. The molecule has 0 amide bonds. The number of nitrogens with zero attached hydrogens (tertiary/aromatic N) is 2. The number of anilines is 1. The molecule has 4 heteroatoms. The van der Waals surface area contributed by atoms with E-state index in [-0.39, 0.29) is 5.69 Å². The predicted octanol–water partition coefficient (Wildman–Crippen LogP) is 2.00. The summed E-state index contributed by atoms with van der Waals surface area (Å²) in [5.41, 5.74) is 1.11. The number of aromatic carboxylic acids is 1. The number of benzene rings is 1. The molecule has 0 aliphatic rings. The van der Waals surface area contributed by atoms with Crippen LogP contribution in [-0.4, -0.2) is 30.2 Å². The number of fused-ring (bicyclic) bond motifs is 1. The van der Waals surface area contributed by atoms with Gasteiger partial charge in [-0.3, -0.25) is 0 Å². The van der Waals surface area contributed by atoms with Crippen molar-refractivity contribution in [2.75, 3.05) is 19.0 Å². The highest BCUT2D eigenvalue weighted by molar-refractivity contribution is 5.93. The molecule has 0 spiro atoms. The Hall–Kier alpha value is -2.10. The minimum atomic E-state index is -1.00. The van der Waals surface area contributed by atoms with Crippen LogP contribution in [0.2, 0.25) is 0 Å². The third kappa shape index (κ3) is 1.82. The van der Waals surface area contributed by atoms with Gasteiger partial charge in [0.05, 0.1) is 0 Å². The first-order valence-electron chi connectivity index (χ1n) is 4.88. The fourth-order valence-electron chi connectivity index (χ4n) is 1.52. The van der Waals surface area contributed by atoms with Crippen LogP contribution in [0, 0.1) is 0 Å². The molecule has 0 bridgehead atoms. The van der Waals surface area contributed by atoms with Crippen molar-refractivity contribution in [3.8, 4) is 0 Å². The molecular formula is C12H12N2O2. The summed E-state index contributed by atoms with van der Waals surface area (Å²) in [4.78, 5) is 16.6. The van der Waals surface area contributed by atoms with Crippen molar-refractivity contribution < 1.29 is 9.90 Å². The van der Waals surface area contributed by atoms with Crippen LogP contribution in [0.3, 0.4) is 0 Å². The Morgan fingerprint density at radius 2 is 2.00 bits per heavy atom. The average molecular weight is 216 g/mol. The smallest absolute Gasteiger partial charge is 0.354 e. The maximum absolute atomic E-state index is 10.8. The minimum absolute atomic E-state index is 0.0726. The number of aromatic nitrogens is 1. The lowest BCUT2D eigenvalue weighted by Crippen LogP contribution is -2.08. The van der Waals surface area contributed by atoms with Crippen LogP contribution in [0.1, 0.15) is 10.5 Å². The number of hydrogen-bond donors (Lipinski definition) is 1. The Bertz CT molecular complexity index is 550. The summed E-state index contributed by atoms with van der Waals surface area (Å²) < 4.78 is 0. The van der Waals surface area contributed by atoms with E-state index in [1.165, 1.54) is 0 Å². The SMILES string of the molecule is CN(C)c1ccc2cnc(C(=O)O)cc2c1. The first-order chi connectivity index (χ1) is 7.58. The first-order valence-corrected chi connectivity index (χ1v) is 4.88. The zero-order valence-corrected chi connectivity index (χ0v) is 9.14. The number of hydrogen-bond acceptors (Lipinski definition) is 3. The lowest BCUT2D eigenvalue weighted by molar-refractivity contribution is 0.0690. The fraction of sp³-hybridized carbons (Fsp3) is 0.167. The molecule has 1 aromatic carbocycles. The zero-order chi connectivity index (χ0) is 11.7. The van der Waals surface area contributed by atoms with Gasteiger partial charge < -0.3 is 10.0 Å². The molecule has 2 aromatic rings. The lowest BCUT2D eigenvalue weighted by atomic mass is 10.1. The second kappa shape index (κ2) is 3.81. The van der Waals surface area contributed by atoms with Crippen molar-refractivity contribution in [3.05, 3.63) is 36.2 Å². The third-order valence-corrected chi connectivity index (χ3v) is 2.44. The van der Waals surface area contributed by atoms with Crippen LogP contribution in [0.15, 0.2) is 30.5 Å². The summed E-state index contributed by atoms with van der Waals surface area (Å²) in [5.74, 6) is -1.00. The zero-order valence-electron chi connectivity index (χ0n) is 9.14. The molecule has 0 aliphatic heterocycles. The Morgan fingerprint density at radius 3 is 2.62 bits per heavy atom. The highest BCUT2D eigenvalue weighted by Crippen LogP contribution is 2.20. The van der Waals surface area contributed by atoms with E-state index in [1.807, 2.05) is 37.2 Å². The highest BCUT2D eigenvalue weighted by Gasteiger charge is 2.06. The summed E-state index contributed by atoms with van der Waals surface area (Å²) in [6.45, 7) is 0. The second-order valence-corrected chi connectivity index (χ2v) is 3.80. The molecule has 0 atom stereocenters. The van der Waals surface area contributed by atoms with Gasteiger partial charge in [0, 0.05) is 31.4 Å². The van der Waals surface area contributed by atoms with Crippen molar-refractivity contribution in [1.82, 2.24) is 4.98 Å². The molecule has 16 heavy (non-hydrogen) atoms. The summed E-state index contributed by atoms with van der Waals surface area (Å²) in [7, 11) is 3.89. The van der Waals surface area contributed by atoms with E-state index < -0.39 is 5.97 Å². The van der Waals surface area contributed by atoms with Crippen LogP contribution < -0.4 is 4.90 Å². The number of pyridine rings is 1. The van der Waals surface area contributed by atoms with Crippen LogP contribution in [-0.2, 0) is 0 Å². The van der Waals surface area contributed by atoms with E-state index in [9.17, 15) is 4.79 Å². The van der Waals surface area contributed by atoms with Gasteiger partial charge in [-0.1, -0.05) is 6.07 Å². The number of carboxylic acids is 1. The van der Waals surface area contributed by atoms with Crippen LogP contribution in [0.25, 0.3) is 10.8 Å². The van der Waals surface area contributed by atoms with Gasteiger partial charge in [0.1, 0.15) is 5.69 Å². The summed E-state index contributed by atoms with van der Waals surface area (Å²) in [6.07, 6.45) is 1.58. The number of carbonyl (C=O) groups is 1. The van der Waals surface area contributed by atoms with Gasteiger partial charge in [0.15, 0.2) is 0 Å². The van der Waals surface area contributed by atoms with E-state index in [2.05, 4.69) is 4.98 Å². The summed E-state index contributed by atoms with van der Waals surface area (Å²) in [6, 6.07) is 7.45. The monoisotopic (exact) mass is 216 g/mol. The van der Waals surface area contributed by atoms with Gasteiger partial charge in [-0.2, -0.15) is 0 Å². The van der Waals surface area contributed by atoms with E-state index >= 15 is 0 Å². The molecule has 4 nitrogen and oxygen atoms in total. The average Bonchev–Trinajstić information content (AvgIpc) is 2.27. The van der Waals surface area contributed by atoms with Gasteiger partial charge in [0.2, 0.25) is 0 Å².